The van der Waals surface area contributed by atoms with E-state index in [-0.39, 0.29) is 18.7 Å². The molecule has 5 heteroatoms. The zero-order valence-corrected chi connectivity index (χ0v) is 11.7. The van der Waals surface area contributed by atoms with Crippen molar-refractivity contribution >= 4 is 11.6 Å². The second-order valence-electron chi connectivity index (χ2n) is 5.14. The molecule has 3 rings (SSSR count). The summed E-state index contributed by atoms with van der Waals surface area (Å²) in [7, 11) is 0. The number of anilines is 1. The molecule has 0 saturated carbocycles. The van der Waals surface area contributed by atoms with Gasteiger partial charge in [-0.05, 0) is 30.3 Å². The molecule has 1 atom stereocenters. The Bertz CT molecular complexity index is 767. The first-order valence-electron chi connectivity index (χ1n) is 6.87. The number of nitrogens with zero attached hydrogens (tertiary/aromatic N) is 2. The first kappa shape index (κ1) is 14.2. The molecule has 0 saturated heterocycles. The second-order valence-corrected chi connectivity index (χ2v) is 5.14. The predicted octanol–water partition coefficient (Wildman–Crippen LogP) is 2.93. The molecular weight excluding hydrogens is 283 g/mol. The van der Waals surface area contributed by atoms with Crippen molar-refractivity contribution in [3.63, 3.8) is 0 Å². The number of halogens is 1. The first-order chi connectivity index (χ1) is 10.6. The minimum absolute atomic E-state index is 0.0869. The summed E-state index contributed by atoms with van der Waals surface area (Å²) in [6, 6.07) is 14.1. The van der Waals surface area contributed by atoms with E-state index in [0.717, 1.165) is 0 Å². The highest BCUT2D eigenvalue weighted by Gasteiger charge is 2.48. The van der Waals surface area contributed by atoms with Crippen molar-refractivity contribution in [2.24, 2.45) is 0 Å². The summed E-state index contributed by atoms with van der Waals surface area (Å²) in [5.74, 6) is -0.781. The number of carbonyl (C=O) groups is 1. The molecule has 0 radical (unpaired) electrons. The maximum Gasteiger partial charge on any atom is 0.261 e. The van der Waals surface area contributed by atoms with Crippen LogP contribution in [-0.2, 0) is 5.72 Å². The van der Waals surface area contributed by atoms with Gasteiger partial charge in [-0.15, -0.1) is 0 Å². The Kier molecular flexibility index (Phi) is 3.39. The number of amides is 1. The summed E-state index contributed by atoms with van der Waals surface area (Å²) in [6.45, 7) is 0. The molecule has 1 N–H and O–H groups in total. The zero-order chi connectivity index (χ0) is 15.7. The van der Waals surface area contributed by atoms with Gasteiger partial charge in [-0.3, -0.25) is 9.69 Å². The number of fused-ring (bicyclic) bond motifs is 1. The standard InChI is InChI=1S/C17H13FN2O2/c18-12-6-8-13(9-7-12)20-16(21)14-4-1-2-5-15(14)17(20,22)10-3-11-19/h1-2,4-9,22H,3,10H2. The van der Waals surface area contributed by atoms with Crippen LogP contribution in [0, 0.1) is 17.1 Å². The Morgan fingerprint density at radius 2 is 1.86 bits per heavy atom. The summed E-state index contributed by atoms with van der Waals surface area (Å²) in [5.41, 5.74) is -0.337. The topological polar surface area (TPSA) is 64.3 Å². The summed E-state index contributed by atoms with van der Waals surface area (Å²) in [6.07, 6.45) is 0.180. The number of hydrogen-bond donors (Lipinski definition) is 1. The molecule has 0 spiro atoms. The summed E-state index contributed by atoms with van der Waals surface area (Å²) in [5, 5.41) is 19.9. The van der Waals surface area contributed by atoms with Gasteiger partial charge in [0.15, 0.2) is 5.72 Å². The van der Waals surface area contributed by atoms with Gasteiger partial charge in [-0.25, -0.2) is 4.39 Å². The van der Waals surface area contributed by atoms with E-state index in [2.05, 4.69) is 0 Å². The molecule has 2 aromatic carbocycles. The second kappa shape index (κ2) is 5.24. The number of benzene rings is 2. The molecule has 1 amide bonds. The van der Waals surface area contributed by atoms with Crippen LogP contribution in [0.4, 0.5) is 10.1 Å². The lowest BCUT2D eigenvalue weighted by Crippen LogP contribution is -2.44. The van der Waals surface area contributed by atoms with Crippen LogP contribution in [0.15, 0.2) is 48.5 Å². The number of hydrogen-bond acceptors (Lipinski definition) is 3. The largest absolute Gasteiger partial charge is 0.366 e. The van der Waals surface area contributed by atoms with Crippen molar-refractivity contribution in [1.82, 2.24) is 0 Å². The molecule has 0 aliphatic carbocycles. The van der Waals surface area contributed by atoms with Crippen molar-refractivity contribution in [3.8, 4) is 6.07 Å². The van der Waals surface area contributed by atoms with Crippen LogP contribution in [0.3, 0.4) is 0 Å². The molecule has 22 heavy (non-hydrogen) atoms. The number of nitriles is 1. The molecule has 0 aromatic heterocycles. The fourth-order valence-electron chi connectivity index (χ4n) is 2.83. The van der Waals surface area contributed by atoms with Gasteiger partial charge in [0.1, 0.15) is 5.82 Å². The van der Waals surface area contributed by atoms with Crippen molar-refractivity contribution in [2.45, 2.75) is 18.6 Å². The van der Waals surface area contributed by atoms with Gasteiger partial charge in [-0.1, -0.05) is 18.2 Å². The minimum Gasteiger partial charge on any atom is -0.366 e. The molecule has 4 nitrogen and oxygen atoms in total. The van der Waals surface area contributed by atoms with Gasteiger partial charge in [0.25, 0.3) is 5.91 Å². The van der Waals surface area contributed by atoms with E-state index in [1.807, 2.05) is 6.07 Å². The average molecular weight is 296 g/mol. The van der Waals surface area contributed by atoms with E-state index >= 15 is 0 Å². The highest BCUT2D eigenvalue weighted by Crippen LogP contribution is 2.43. The van der Waals surface area contributed by atoms with Crippen LogP contribution < -0.4 is 4.90 Å². The van der Waals surface area contributed by atoms with Gasteiger partial charge >= 0.3 is 0 Å². The Morgan fingerprint density at radius 1 is 1.18 bits per heavy atom. The smallest absolute Gasteiger partial charge is 0.261 e. The Hall–Kier alpha value is -2.71. The molecular formula is C17H13FN2O2. The van der Waals surface area contributed by atoms with Crippen LogP contribution in [0.25, 0.3) is 0 Å². The van der Waals surface area contributed by atoms with E-state index in [1.165, 1.54) is 29.2 Å². The van der Waals surface area contributed by atoms with Gasteiger partial charge in [-0.2, -0.15) is 5.26 Å². The molecule has 1 aliphatic heterocycles. The SMILES string of the molecule is N#CCCC1(O)c2ccccc2C(=O)N1c1ccc(F)cc1. The number of aliphatic hydroxyl groups is 1. The third-order valence-electron chi connectivity index (χ3n) is 3.83. The maximum absolute atomic E-state index is 13.1. The molecule has 0 fully saturated rings. The van der Waals surface area contributed by atoms with E-state index in [1.54, 1.807) is 24.3 Å². The van der Waals surface area contributed by atoms with E-state index in [9.17, 15) is 14.3 Å². The van der Waals surface area contributed by atoms with Crippen LogP contribution in [0.5, 0.6) is 0 Å². The van der Waals surface area contributed by atoms with Gasteiger partial charge < -0.3 is 5.11 Å². The maximum atomic E-state index is 13.1. The third kappa shape index (κ3) is 2.05. The van der Waals surface area contributed by atoms with E-state index in [0.29, 0.717) is 16.8 Å². The van der Waals surface area contributed by atoms with Crippen LogP contribution in [-0.4, -0.2) is 11.0 Å². The van der Waals surface area contributed by atoms with E-state index < -0.39 is 11.5 Å². The normalized spacial score (nSPS) is 19.9. The highest BCUT2D eigenvalue weighted by molar-refractivity contribution is 6.11. The minimum atomic E-state index is -1.60. The lowest BCUT2D eigenvalue weighted by atomic mass is 9.97. The lowest BCUT2D eigenvalue weighted by molar-refractivity contribution is 0.0326. The Labute approximate surface area is 127 Å². The van der Waals surface area contributed by atoms with Gasteiger partial charge in [0, 0.05) is 29.7 Å². The van der Waals surface area contributed by atoms with Gasteiger partial charge in [0.05, 0.1) is 6.07 Å². The summed E-state index contributed by atoms with van der Waals surface area (Å²) >= 11 is 0. The Balaban J connectivity index is 2.14. The molecule has 1 heterocycles. The summed E-state index contributed by atoms with van der Waals surface area (Å²) < 4.78 is 13.1. The fourth-order valence-corrected chi connectivity index (χ4v) is 2.83. The van der Waals surface area contributed by atoms with Crippen molar-refractivity contribution in [2.75, 3.05) is 4.90 Å². The fraction of sp³-hybridized carbons (Fsp3) is 0.176. The van der Waals surface area contributed by atoms with Crippen molar-refractivity contribution < 1.29 is 14.3 Å². The van der Waals surface area contributed by atoms with Crippen molar-refractivity contribution in [1.29, 1.82) is 5.26 Å². The lowest BCUT2D eigenvalue weighted by Gasteiger charge is -2.34. The number of rotatable bonds is 3. The molecule has 1 aliphatic rings. The number of carbonyl (C=O) groups excluding carboxylic acids is 1. The third-order valence-corrected chi connectivity index (χ3v) is 3.83. The molecule has 110 valence electrons. The quantitative estimate of drug-likeness (QED) is 0.947. The van der Waals surface area contributed by atoms with Crippen LogP contribution in [0.1, 0.15) is 28.8 Å². The van der Waals surface area contributed by atoms with Crippen LogP contribution in [0.2, 0.25) is 0 Å². The zero-order valence-electron chi connectivity index (χ0n) is 11.7. The van der Waals surface area contributed by atoms with Crippen LogP contribution >= 0.6 is 0 Å². The molecule has 1 unspecified atom stereocenters. The summed E-state index contributed by atoms with van der Waals surface area (Å²) in [4.78, 5) is 13.9. The molecule has 2 aromatic rings. The van der Waals surface area contributed by atoms with Crippen molar-refractivity contribution in [3.05, 3.63) is 65.5 Å². The first-order valence-corrected chi connectivity index (χ1v) is 6.87. The monoisotopic (exact) mass is 296 g/mol. The molecule has 0 bridgehead atoms. The predicted molar refractivity (Wildman–Crippen MR) is 78.4 cm³/mol. The average Bonchev–Trinajstić information content (AvgIpc) is 2.76. The van der Waals surface area contributed by atoms with Gasteiger partial charge in [0.2, 0.25) is 0 Å². The van der Waals surface area contributed by atoms with E-state index in [4.69, 9.17) is 5.26 Å². The Morgan fingerprint density at radius 3 is 2.55 bits per heavy atom. The highest BCUT2D eigenvalue weighted by atomic mass is 19.1.